The quantitative estimate of drug-likeness (QED) is 0.462. The van der Waals surface area contributed by atoms with Gasteiger partial charge in [0.15, 0.2) is 10.3 Å². The summed E-state index contributed by atoms with van der Waals surface area (Å²) in [5, 5.41) is 3.19. The first kappa shape index (κ1) is 9.93. The van der Waals surface area contributed by atoms with Gasteiger partial charge in [0.05, 0.1) is 0 Å². The molecule has 0 bridgehead atoms. The Labute approximate surface area is 84.5 Å². The number of aromatic nitrogens is 3. The van der Waals surface area contributed by atoms with Crippen LogP contribution in [0.4, 0.5) is 11.9 Å². The van der Waals surface area contributed by atoms with Crippen LogP contribution in [0.3, 0.4) is 0 Å². The first-order valence-electron chi connectivity index (χ1n) is 3.24. The SMILES string of the molecule is CSc1nc(N)nc(NC(N)=S)n1. The second-order valence-electron chi connectivity index (χ2n) is 1.99. The number of nitrogen functional groups attached to an aromatic ring is 1. The Balaban J connectivity index is 2.94. The number of rotatable bonds is 2. The van der Waals surface area contributed by atoms with Crippen molar-refractivity contribution in [3.8, 4) is 0 Å². The molecule has 0 radical (unpaired) electrons. The molecule has 0 unspecified atom stereocenters. The first-order chi connectivity index (χ1) is 6.11. The molecular formula is C5H8N6S2. The third-order valence-electron chi connectivity index (χ3n) is 1.05. The number of nitrogens with zero attached hydrogens (tertiary/aromatic N) is 3. The number of hydrogen-bond acceptors (Lipinski definition) is 6. The molecule has 6 nitrogen and oxygen atoms in total. The Morgan fingerprint density at radius 2 is 2.15 bits per heavy atom. The molecular weight excluding hydrogens is 208 g/mol. The van der Waals surface area contributed by atoms with Gasteiger partial charge >= 0.3 is 0 Å². The predicted molar refractivity (Wildman–Crippen MR) is 56.4 cm³/mol. The molecule has 8 heteroatoms. The van der Waals surface area contributed by atoms with Crippen molar-refractivity contribution in [2.75, 3.05) is 17.3 Å². The van der Waals surface area contributed by atoms with E-state index in [0.717, 1.165) is 0 Å². The summed E-state index contributed by atoms with van der Waals surface area (Å²) in [6.07, 6.45) is 1.83. The van der Waals surface area contributed by atoms with Gasteiger partial charge in [-0.15, -0.1) is 0 Å². The molecule has 0 aliphatic rings. The lowest BCUT2D eigenvalue weighted by Crippen LogP contribution is -2.21. The van der Waals surface area contributed by atoms with E-state index >= 15 is 0 Å². The fourth-order valence-corrected chi connectivity index (χ4v) is 1.08. The second kappa shape index (κ2) is 4.19. The summed E-state index contributed by atoms with van der Waals surface area (Å²) in [7, 11) is 0. The Morgan fingerprint density at radius 1 is 1.46 bits per heavy atom. The van der Waals surface area contributed by atoms with Crippen molar-refractivity contribution in [2.45, 2.75) is 5.16 Å². The third kappa shape index (κ3) is 2.99. The van der Waals surface area contributed by atoms with E-state index in [-0.39, 0.29) is 17.0 Å². The normalized spacial score (nSPS) is 9.62. The van der Waals surface area contributed by atoms with E-state index in [1.54, 1.807) is 0 Å². The van der Waals surface area contributed by atoms with E-state index in [2.05, 4.69) is 32.5 Å². The zero-order valence-electron chi connectivity index (χ0n) is 6.81. The van der Waals surface area contributed by atoms with Crippen LogP contribution in [-0.2, 0) is 0 Å². The molecule has 0 spiro atoms. The summed E-state index contributed by atoms with van der Waals surface area (Å²) in [6, 6.07) is 0. The van der Waals surface area contributed by atoms with Crippen LogP contribution < -0.4 is 16.8 Å². The average molecular weight is 216 g/mol. The van der Waals surface area contributed by atoms with Gasteiger partial charge < -0.3 is 16.8 Å². The number of anilines is 2. The van der Waals surface area contributed by atoms with Gasteiger partial charge in [-0.1, -0.05) is 11.8 Å². The molecule has 70 valence electrons. The fraction of sp³-hybridized carbons (Fsp3) is 0.200. The van der Waals surface area contributed by atoms with Crippen LogP contribution in [0.25, 0.3) is 0 Å². The van der Waals surface area contributed by atoms with Crippen molar-refractivity contribution >= 4 is 41.0 Å². The van der Waals surface area contributed by atoms with E-state index in [1.807, 2.05) is 6.26 Å². The minimum Gasteiger partial charge on any atom is -0.376 e. The molecule has 0 aromatic carbocycles. The van der Waals surface area contributed by atoms with E-state index in [1.165, 1.54) is 11.8 Å². The van der Waals surface area contributed by atoms with E-state index < -0.39 is 0 Å². The zero-order chi connectivity index (χ0) is 9.84. The van der Waals surface area contributed by atoms with Crippen molar-refractivity contribution < 1.29 is 0 Å². The zero-order valence-corrected chi connectivity index (χ0v) is 8.45. The minimum atomic E-state index is 0.0950. The lowest BCUT2D eigenvalue weighted by Gasteiger charge is -2.03. The Hall–Kier alpha value is -1.15. The standard InChI is InChI=1S/C5H8N6S2/c1-13-5-9-2(6)8-4(11-5)10-3(7)12/h1H3,(H5,6,7,8,9,10,11,12). The lowest BCUT2D eigenvalue weighted by molar-refractivity contribution is 0.929. The molecule has 1 heterocycles. The van der Waals surface area contributed by atoms with Crippen molar-refractivity contribution in [3.05, 3.63) is 0 Å². The van der Waals surface area contributed by atoms with E-state index in [4.69, 9.17) is 11.5 Å². The Kier molecular flexibility index (Phi) is 3.20. The topological polar surface area (TPSA) is 103 Å². The molecule has 0 aliphatic carbocycles. The van der Waals surface area contributed by atoms with Crippen molar-refractivity contribution in [2.24, 2.45) is 5.73 Å². The molecule has 0 fully saturated rings. The van der Waals surface area contributed by atoms with Gasteiger partial charge in [-0.25, -0.2) is 0 Å². The molecule has 0 atom stereocenters. The molecule has 1 rings (SSSR count). The van der Waals surface area contributed by atoms with Crippen LogP contribution >= 0.6 is 24.0 Å². The Morgan fingerprint density at radius 3 is 2.69 bits per heavy atom. The maximum absolute atomic E-state index is 5.41. The van der Waals surface area contributed by atoms with Crippen LogP contribution in [0.5, 0.6) is 0 Å². The molecule has 13 heavy (non-hydrogen) atoms. The van der Waals surface area contributed by atoms with Crippen LogP contribution in [0.15, 0.2) is 5.16 Å². The van der Waals surface area contributed by atoms with Crippen LogP contribution in [0.2, 0.25) is 0 Å². The molecule has 1 aromatic heterocycles. The van der Waals surface area contributed by atoms with Gasteiger partial charge in [-0.2, -0.15) is 15.0 Å². The largest absolute Gasteiger partial charge is 0.376 e. The highest BCUT2D eigenvalue weighted by Gasteiger charge is 2.02. The first-order valence-corrected chi connectivity index (χ1v) is 4.87. The fourth-order valence-electron chi connectivity index (χ4n) is 0.629. The highest BCUT2D eigenvalue weighted by molar-refractivity contribution is 7.98. The number of thiocarbonyl (C=S) groups is 1. The average Bonchev–Trinajstić information content (AvgIpc) is 2.01. The smallest absolute Gasteiger partial charge is 0.234 e. The molecule has 0 saturated heterocycles. The summed E-state index contributed by atoms with van der Waals surface area (Å²) < 4.78 is 0. The number of thioether (sulfide) groups is 1. The minimum absolute atomic E-state index is 0.0950. The van der Waals surface area contributed by atoms with Crippen molar-refractivity contribution in [1.82, 2.24) is 15.0 Å². The molecule has 5 N–H and O–H groups in total. The second-order valence-corrected chi connectivity index (χ2v) is 3.21. The van der Waals surface area contributed by atoms with Crippen LogP contribution in [0, 0.1) is 0 Å². The number of nitrogens with two attached hydrogens (primary N) is 2. The summed E-state index contributed by atoms with van der Waals surface area (Å²) >= 11 is 5.98. The van der Waals surface area contributed by atoms with Gasteiger partial charge in [0.25, 0.3) is 0 Å². The highest BCUT2D eigenvalue weighted by atomic mass is 32.2. The highest BCUT2D eigenvalue weighted by Crippen LogP contribution is 2.11. The summed E-state index contributed by atoms with van der Waals surface area (Å²) in [5.41, 5.74) is 10.6. The van der Waals surface area contributed by atoms with E-state index in [9.17, 15) is 0 Å². The molecule has 0 saturated carbocycles. The molecule has 1 aromatic rings. The third-order valence-corrected chi connectivity index (χ3v) is 1.70. The number of nitrogens with one attached hydrogen (secondary N) is 1. The maximum Gasteiger partial charge on any atom is 0.234 e. The van der Waals surface area contributed by atoms with Gasteiger partial charge in [-0.3, -0.25) is 0 Å². The van der Waals surface area contributed by atoms with Crippen LogP contribution in [0.1, 0.15) is 0 Å². The summed E-state index contributed by atoms with van der Waals surface area (Å²) in [6.45, 7) is 0. The van der Waals surface area contributed by atoms with Crippen LogP contribution in [-0.4, -0.2) is 26.3 Å². The van der Waals surface area contributed by atoms with Crippen molar-refractivity contribution in [3.63, 3.8) is 0 Å². The van der Waals surface area contributed by atoms with Gasteiger partial charge in [0.2, 0.25) is 11.9 Å². The molecule has 0 amide bonds. The van der Waals surface area contributed by atoms with E-state index in [0.29, 0.717) is 5.16 Å². The van der Waals surface area contributed by atoms with Crippen molar-refractivity contribution in [1.29, 1.82) is 0 Å². The van der Waals surface area contributed by atoms with Gasteiger partial charge in [0, 0.05) is 0 Å². The van der Waals surface area contributed by atoms with Gasteiger partial charge in [-0.05, 0) is 18.5 Å². The summed E-state index contributed by atoms with van der Waals surface area (Å²) in [4.78, 5) is 11.6. The Bertz CT molecular complexity index is 327. The van der Waals surface area contributed by atoms with Gasteiger partial charge in [0.1, 0.15) is 0 Å². The predicted octanol–water partition coefficient (Wildman–Crippen LogP) is -0.169. The number of hydrogen-bond donors (Lipinski definition) is 3. The maximum atomic E-state index is 5.41. The molecule has 0 aliphatic heterocycles. The monoisotopic (exact) mass is 216 g/mol. The lowest BCUT2D eigenvalue weighted by atomic mass is 10.8. The summed E-state index contributed by atoms with van der Waals surface area (Å²) in [5.74, 6) is 0.405.